The summed E-state index contributed by atoms with van der Waals surface area (Å²) in [5, 5.41) is 11.1. The van der Waals surface area contributed by atoms with Crippen molar-refractivity contribution in [1.82, 2.24) is 25.3 Å². The number of aromatic amines is 2. The molecule has 4 heterocycles. The van der Waals surface area contributed by atoms with Crippen LogP contribution >= 0.6 is 0 Å². The Balaban J connectivity index is 1.94. The van der Waals surface area contributed by atoms with Crippen LogP contribution in [0.25, 0.3) is 27.8 Å². The first-order valence-electron chi connectivity index (χ1n) is 5.55. The maximum Gasteiger partial charge on any atom is 0.347 e. The van der Waals surface area contributed by atoms with E-state index in [4.69, 9.17) is 0 Å². The van der Waals surface area contributed by atoms with Gasteiger partial charge < -0.3 is 0 Å². The third-order valence-electron chi connectivity index (χ3n) is 2.89. The van der Waals surface area contributed by atoms with Crippen molar-refractivity contribution >= 4 is 21.9 Å². The standard InChI is InChI=1S/C12H8N6/c1-2-12(15-11-6-14-16-10(1)11)18-7-8-5-13-4-3-9(8)17-18/h1-7H,(H,14,15,16)/p+1. The molecule has 4 aromatic heterocycles. The van der Waals surface area contributed by atoms with Crippen LogP contribution in [-0.4, -0.2) is 25.3 Å². The van der Waals surface area contributed by atoms with Gasteiger partial charge in [-0.3, -0.25) is 10.1 Å². The second-order valence-electron chi connectivity index (χ2n) is 4.05. The zero-order valence-corrected chi connectivity index (χ0v) is 9.33. The first-order chi connectivity index (χ1) is 8.90. The summed E-state index contributed by atoms with van der Waals surface area (Å²) in [5.74, 6) is 0.820. The molecule has 18 heavy (non-hydrogen) atoms. The van der Waals surface area contributed by atoms with Crippen LogP contribution in [0.1, 0.15) is 0 Å². The van der Waals surface area contributed by atoms with Gasteiger partial charge in [0.25, 0.3) is 0 Å². The summed E-state index contributed by atoms with van der Waals surface area (Å²) >= 11 is 0. The Morgan fingerprint density at radius 1 is 1.06 bits per heavy atom. The summed E-state index contributed by atoms with van der Waals surface area (Å²) < 4.78 is 1.87. The number of hydrogen-bond donors (Lipinski definition) is 2. The summed E-state index contributed by atoms with van der Waals surface area (Å²) in [6.45, 7) is 0. The highest BCUT2D eigenvalue weighted by atomic mass is 15.3. The van der Waals surface area contributed by atoms with Crippen molar-refractivity contribution in [2.24, 2.45) is 0 Å². The molecule has 0 aliphatic rings. The predicted molar refractivity (Wildman–Crippen MR) is 65.1 cm³/mol. The summed E-state index contributed by atoms with van der Waals surface area (Å²) in [6, 6.07) is 5.83. The molecule has 0 saturated carbocycles. The Bertz CT molecular complexity index is 811. The van der Waals surface area contributed by atoms with E-state index in [0.717, 1.165) is 27.8 Å². The van der Waals surface area contributed by atoms with E-state index in [1.165, 1.54) is 0 Å². The van der Waals surface area contributed by atoms with Gasteiger partial charge in [-0.2, -0.15) is 5.10 Å². The van der Waals surface area contributed by atoms with Gasteiger partial charge in [-0.1, -0.05) is 0 Å². The van der Waals surface area contributed by atoms with Crippen molar-refractivity contribution in [2.45, 2.75) is 0 Å². The smallest absolute Gasteiger partial charge is 0.274 e. The van der Waals surface area contributed by atoms with Crippen molar-refractivity contribution in [3.8, 4) is 5.82 Å². The molecule has 0 unspecified atom stereocenters. The molecule has 2 N–H and O–H groups in total. The highest BCUT2D eigenvalue weighted by Gasteiger charge is 2.13. The van der Waals surface area contributed by atoms with E-state index in [0.29, 0.717) is 0 Å². The number of H-pyrrole nitrogens is 2. The Hall–Kier alpha value is -2.76. The van der Waals surface area contributed by atoms with Crippen LogP contribution in [0.15, 0.2) is 43.0 Å². The maximum atomic E-state index is 4.52. The van der Waals surface area contributed by atoms with Crippen LogP contribution in [0.3, 0.4) is 0 Å². The van der Waals surface area contributed by atoms with Gasteiger partial charge >= 0.3 is 5.82 Å². The molecule has 0 fully saturated rings. The quantitative estimate of drug-likeness (QED) is 0.487. The van der Waals surface area contributed by atoms with Crippen molar-refractivity contribution in [1.29, 1.82) is 0 Å². The molecular formula is C12H9N6+. The minimum Gasteiger partial charge on any atom is -0.274 e. The molecule has 86 valence electrons. The molecule has 0 spiro atoms. The lowest BCUT2D eigenvalue weighted by molar-refractivity contribution is -0.656. The molecule has 6 heteroatoms. The maximum absolute atomic E-state index is 4.52. The SMILES string of the molecule is c1cc2[nH][n+](-c3ccc4[nH]ncc4n3)cc2cn1. The topological polar surface area (TPSA) is 74.1 Å². The molecule has 0 amide bonds. The minimum atomic E-state index is 0.820. The molecule has 6 nitrogen and oxygen atoms in total. The Labute approximate surface area is 101 Å². The number of nitrogens with zero attached hydrogens (tertiary/aromatic N) is 4. The summed E-state index contributed by atoms with van der Waals surface area (Å²) in [4.78, 5) is 8.61. The van der Waals surface area contributed by atoms with Crippen LogP contribution in [-0.2, 0) is 0 Å². The average molecular weight is 237 g/mol. The molecule has 0 aromatic carbocycles. The third kappa shape index (κ3) is 1.29. The summed E-state index contributed by atoms with van der Waals surface area (Å²) in [6.07, 6.45) is 7.26. The van der Waals surface area contributed by atoms with E-state index < -0.39 is 0 Å². The predicted octanol–water partition coefficient (Wildman–Crippen LogP) is 1.11. The number of pyridine rings is 2. The zero-order chi connectivity index (χ0) is 11.9. The van der Waals surface area contributed by atoms with E-state index in [1.807, 2.05) is 35.3 Å². The van der Waals surface area contributed by atoms with Gasteiger partial charge in [0.2, 0.25) is 5.52 Å². The van der Waals surface area contributed by atoms with Crippen LogP contribution < -0.4 is 4.68 Å². The Kier molecular flexibility index (Phi) is 1.74. The average Bonchev–Trinajstić information content (AvgIpc) is 3.04. The molecule has 0 bridgehead atoms. The molecule has 0 aliphatic carbocycles. The summed E-state index contributed by atoms with van der Waals surface area (Å²) in [7, 11) is 0. The van der Waals surface area contributed by atoms with Gasteiger partial charge in [0.15, 0.2) is 0 Å². The lowest BCUT2D eigenvalue weighted by atomic mass is 10.3. The van der Waals surface area contributed by atoms with Gasteiger partial charge in [0, 0.05) is 18.5 Å². The van der Waals surface area contributed by atoms with Crippen LogP contribution in [0.5, 0.6) is 0 Å². The van der Waals surface area contributed by atoms with E-state index in [1.54, 1.807) is 12.4 Å². The van der Waals surface area contributed by atoms with Crippen LogP contribution in [0.2, 0.25) is 0 Å². The van der Waals surface area contributed by atoms with Gasteiger partial charge in [-0.25, -0.2) is 5.10 Å². The molecule has 0 saturated heterocycles. The van der Waals surface area contributed by atoms with Gasteiger partial charge in [-0.15, -0.1) is 4.68 Å². The third-order valence-corrected chi connectivity index (χ3v) is 2.89. The van der Waals surface area contributed by atoms with E-state index in [9.17, 15) is 0 Å². The van der Waals surface area contributed by atoms with E-state index in [-0.39, 0.29) is 0 Å². The molecular weight excluding hydrogens is 228 g/mol. The molecule has 0 atom stereocenters. The Morgan fingerprint density at radius 3 is 3.00 bits per heavy atom. The second-order valence-corrected chi connectivity index (χ2v) is 4.05. The molecule has 0 radical (unpaired) electrons. The van der Waals surface area contributed by atoms with Crippen molar-refractivity contribution in [3.05, 3.63) is 43.0 Å². The summed E-state index contributed by atoms with van der Waals surface area (Å²) in [5.41, 5.74) is 2.80. The lowest BCUT2D eigenvalue weighted by Crippen LogP contribution is -2.32. The first kappa shape index (κ1) is 9.29. The normalized spacial score (nSPS) is 11.3. The number of nitrogens with one attached hydrogen (secondary N) is 2. The molecule has 4 rings (SSSR count). The fourth-order valence-corrected chi connectivity index (χ4v) is 1.99. The van der Waals surface area contributed by atoms with Crippen LogP contribution in [0, 0.1) is 0 Å². The lowest BCUT2D eigenvalue weighted by Gasteiger charge is -1.89. The number of aromatic nitrogens is 6. The van der Waals surface area contributed by atoms with Crippen molar-refractivity contribution < 1.29 is 4.68 Å². The van der Waals surface area contributed by atoms with E-state index >= 15 is 0 Å². The van der Waals surface area contributed by atoms with Crippen molar-refractivity contribution in [3.63, 3.8) is 0 Å². The highest BCUT2D eigenvalue weighted by molar-refractivity contribution is 5.75. The number of rotatable bonds is 1. The minimum absolute atomic E-state index is 0.820. The van der Waals surface area contributed by atoms with Gasteiger partial charge in [0.1, 0.15) is 17.9 Å². The molecule has 0 aliphatic heterocycles. The Morgan fingerprint density at radius 2 is 2.06 bits per heavy atom. The van der Waals surface area contributed by atoms with Gasteiger partial charge in [-0.05, 0) is 17.1 Å². The van der Waals surface area contributed by atoms with Crippen molar-refractivity contribution in [2.75, 3.05) is 0 Å². The number of fused-ring (bicyclic) bond motifs is 2. The number of hydrogen-bond acceptors (Lipinski definition) is 3. The fraction of sp³-hybridized carbons (Fsp3) is 0. The monoisotopic (exact) mass is 237 g/mol. The van der Waals surface area contributed by atoms with Gasteiger partial charge in [0.05, 0.1) is 10.9 Å². The largest absolute Gasteiger partial charge is 0.347 e. The zero-order valence-electron chi connectivity index (χ0n) is 9.33. The van der Waals surface area contributed by atoms with E-state index in [2.05, 4.69) is 25.3 Å². The fourth-order valence-electron chi connectivity index (χ4n) is 1.99. The second kappa shape index (κ2) is 3.36. The highest BCUT2D eigenvalue weighted by Crippen LogP contribution is 2.10. The van der Waals surface area contributed by atoms with Crippen LogP contribution in [0.4, 0.5) is 0 Å². The first-order valence-corrected chi connectivity index (χ1v) is 5.55. The molecule has 4 aromatic rings.